The van der Waals surface area contributed by atoms with Crippen LogP contribution in [0.15, 0.2) is 30.5 Å². The predicted molar refractivity (Wildman–Crippen MR) is 107 cm³/mol. The van der Waals surface area contributed by atoms with Gasteiger partial charge in [0.15, 0.2) is 0 Å². The topological polar surface area (TPSA) is 48.5 Å². The van der Waals surface area contributed by atoms with Crippen LogP contribution >= 0.6 is 23.2 Å². The second kappa shape index (κ2) is 8.25. The summed E-state index contributed by atoms with van der Waals surface area (Å²) in [4.78, 5) is 20.9. The zero-order valence-electron chi connectivity index (χ0n) is 14.9. The highest BCUT2D eigenvalue weighted by Crippen LogP contribution is 2.26. The number of amides is 1. The van der Waals surface area contributed by atoms with Gasteiger partial charge in [0, 0.05) is 38.1 Å². The minimum atomic E-state index is 0.00746. The number of nitrogens with zero attached hydrogens (tertiary/aromatic N) is 3. The molecule has 26 heavy (non-hydrogen) atoms. The molecule has 1 fully saturated rings. The molecule has 2 heterocycles. The van der Waals surface area contributed by atoms with Crippen molar-refractivity contribution in [1.82, 2.24) is 9.88 Å². The van der Waals surface area contributed by atoms with Gasteiger partial charge in [-0.25, -0.2) is 4.98 Å². The molecule has 1 saturated heterocycles. The van der Waals surface area contributed by atoms with Gasteiger partial charge in [-0.3, -0.25) is 9.69 Å². The van der Waals surface area contributed by atoms with Crippen molar-refractivity contribution in [3.05, 3.63) is 51.6 Å². The van der Waals surface area contributed by atoms with Crippen molar-refractivity contribution in [2.75, 3.05) is 42.9 Å². The first-order valence-electron chi connectivity index (χ1n) is 8.58. The van der Waals surface area contributed by atoms with Gasteiger partial charge in [0.2, 0.25) is 5.91 Å². The maximum Gasteiger partial charge on any atom is 0.238 e. The Morgan fingerprint density at radius 2 is 1.88 bits per heavy atom. The van der Waals surface area contributed by atoms with E-state index in [2.05, 4.69) is 26.2 Å². The Kier molecular flexibility index (Phi) is 6.01. The first-order chi connectivity index (χ1) is 12.4. The van der Waals surface area contributed by atoms with E-state index in [0.29, 0.717) is 16.6 Å². The molecule has 7 heteroatoms. The molecule has 1 aromatic heterocycles. The number of benzene rings is 1. The van der Waals surface area contributed by atoms with Crippen LogP contribution in [0.25, 0.3) is 0 Å². The van der Waals surface area contributed by atoms with Crippen LogP contribution in [-0.4, -0.2) is 48.5 Å². The van der Waals surface area contributed by atoms with E-state index >= 15 is 0 Å². The van der Waals surface area contributed by atoms with Crippen molar-refractivity contribution in [3.8, 4) is 0 Å². The Morgan fingerprint density at radius 1 is 1.15 bits per heavy atom. The number of pyridine rings is 1. The number of rotatable bonds is 4. The number of anilines is 2. The highest BCUT2D eigenvalue weighted by Gasteiger charge is 2.21. The third kappa shape index (κ3) is 4.67. The Labute approximate surface area is 163 Å². The number of halogens is 2. The third-order valence-corrected chi connectivity index (χ3v) is 4.97. The van der Waals surface area contributed by atoms with E-state index < -0.39 is 0 Å². The SMILES string of the molecule is Cc1ccc(NC(=O)CN2CCN(c3ncc(Cl)cc3Cl)CC2)c(C)c1. The minimum Gasteiger partial charge on any atom is -0.353 e. The second-order valence-corrected chi connectivity index (χ2v) is 7.43. The van der Waals surface area contributed by atoms with Gasteiger partial charge >= 0.3 is 0 Å². The third-order valence-electron chi connectivity index (χ3n) is 4.48. The summed E-state index contributed by atoms with van der Waals surface area (Å²) in [6, 6.07) is 7.73. The van der Waals surface area contributed by atoms with Crippen molar-refractivity contribution in [2.24, 2.45) is 0 Å². The molecule has 5 nitrogen and oxygen atoms in total. The van der Waals surface area contributed by atoms with Crippen LogP contribution in [0, 0.1) is 13.8 Å². The zero-order chi connectivity index (χ0) is 18.7. The first-order valence-corrected chi connectivity index (χ1v) is 9.33. The van der Waals surface area contributed by atoms with Gasteiger partial charge in [-0.15, -0.1) is 0 Å². The largest absolute Gasteiger partial charge is 0.353 e. The molecule has 0 radical (unpaired) electrons. The quantitative estimate of drug-likeness (QED) is 0.859. The molecule has 0 unspecified atom stereocenters. The molecule has 0 spiro atoms. The van der Waals surface area contributed by atoms with E-state index in [9.17, 15) is 4.79 Å². The molecule has 1 aliphatic heterocycles. The number of hydrogen-bond acceptors (Lipinski definition) is 4. The fourth-order valence-electron chi connectivity index (χ4n) is 3.10. The average molecular weight is 393 g/mol. The smallest absolute Gasteiger partial charge is 0.238 e. The highest BCUT2D eigenvalue weighted by molar-refractivity contribution is 6.36. The molecule has 1 aliphatic rings. The molecule has 0 bridgehead atoms. The summed E-state index contributed by atoms with van der Waals surface area (Å²) in [5.74, 6) is 0.753. The minimum absolute atomic E-state index is 0.00746. The van der Waals surface area contributed by atoms with Crippen molar-refractivity contribution < 1.29 is 4.79 Å². The lowest BCUT2D eigenvalue weighted by molar-refractivity contribution is -0.117. The summed E-state index contributed by atoms with van der Waals surface area (Å²) in [5.41, 5.74) is 3.13. The molecule has 138 valence electrons. The van der Waals surface area contributed by atoms with Crippen molar-refractivity contribution in [3.63, 3.8) is 0 Å². The lowest BCUT2D eigenvalue weighted by atomic mass is 10.1. The normalized spacial score (nSPS) is 15.2. The van der Waals surface area contributed by atoms with Crippen molar-refractivity contribution in [1.29, 1.82) is 0 Å². The second-order valence-electron chi connectivity index (χ2n) is 6.59. The van der Waals surface area contributed by atoms with Crippen LogP contribution in [0.4, 0.5) is 11.5 Å². The monoisotopic (exact) mass is 392 g/mol. The van der Waals surface area contributed by atoms with Crippen LogP contribution in [0.2, 0.25) is 10.0 Å². The van der Waals surface area contributed by atoms with E-state index in [1.807, 2.05) is 26.0 Å². The highest BCUT2D eigenvalue weighted by atomic mass is 35.5. The van der Waals surface area contributed by atoms with E-state index in [-0.39, 0.29) is 5.91 Å². The van der Waals surface area contributed by atoms with Crippen LogP contribution in [0.5, 0.6) is 0 Å². The number of aryl methyl sites for hydroxylation is 2. The molecule has 2 aromatic rings. The number of carbonyl (C=O) groups is 1. The molecular weight excluding hydrogens is 371 g/mol. The Balaban J connectivity index is 1.52. The summed E-state index contributed by atoms with van der Waals surface area (Å²) in [5, 5.41) is 4.08. The van der Waals surface area contributed by atoms with Gasteiger partial charge in [0.05, 0.1) is 16.6 Å². The number of hydrogen-bond donors (Lipinski definition) is 1. The van der Waals surface area contributed by atoms with E-state index in [0.717, 1.165) is 43.2 Å². The van der Waals surface area contributed by atoms with Gasteiger partial charge < -0.3 is 10.2 Å². The van der Waals surface area contributed by atoms with E-state index in [1.54, 1.807) is 12.3 Å². The molecular formula is C19H22Cl2N4O. The molecule has 1 amide bonds. The Morgan fingerprint density at radius 3 is 2.54 bits per heavy atom. The standard InChI is InChI=1S/C19H22Cl2N4O/c1-13-3-4-17(14(2)9-13)23-18(26)12-24-5-7-25(8-6-24)19-16(21)10-15(20)11-22-19/h3-4,9-11H,5-8,12H2,1-2H3,(H,23,26). The summed E-state index contributed by atoms with van der Waals surface area (Å²) < 4.78 is 0. The van der Waals surface area contributed by atoms with Crippen molar-refractivity contribution >= 4 is 40.6 Å². The van der Waals surface area contributed by atoms with Gasteiger partial charge in [-0.1, -0.05) is 40.9 Å². The molecule has 0 atom stereocenters. The fourth-order valence-corrected chi connectivity index (χ4v) is 3.60. The summed E-state index contributed by atoms with van der Waals surface area (Å²) in [6.45, 7) is 7.52. The maximum absolute atomic E-state index is 12.3. The predicted octanol–water partition coefficient (Wildman–Crippen LogP) is 3.77. The first kappa shape index (κ1) is 19.0. The number of aromatic nitrogens is 1. The summed E-state index contributed by atoms with van der Waals surface area (Å²) in [6.07, 6.45) is 1.60. The van der Waals surface area contributed by atoms with Gasteiger partial charge in [0.1, 0.15) is 5.82 Å². The molecule has 0 saturated carbocycles. The summed E-state index contributed by atoms with van der Waals surface area (Å²) >= 11 is 12.1. The van der Waals surface area contributed by atoms with Crippen LogP contribution in [0.1, 0.15) is 11.1 Å². The van der Waals surface area contributed by atoms with Crippen molar-refractivity contribution in [2.45, 2.75) is 13.8 Å². The van der Waals surface area contributed by atoms with E-state index in [1.165, 1.54) is 5.56 Å². The number of nitrogens with one attached hydrogen (secondary N) is 1. The zero-order valence-corrected chi connectivity index (χ0v) is 16.4. The van der Waals surface area contributed by atoms with Gasteiger partial charge in [0.25, 0.3) is 0 Å². The maximum atomic E-state index is 12.3. The number of piperazine rings is 1. The lowest BCUT2D eigenvalue weighted by Crippen LogP contribution is -2.49. The summed E-state index contributed by atoms with van der Waals surface area (Å²) in [7, 11) is 0. The average Bonchev–Trinajstić information content (AvgIpc) is 2.58. The van der Waals surface area contributed by atoms with Gasteiger partial charge in [-0.2, -0.15) is 0 Å². The van der Waals surface area contributed by atoms with Crippen LogP contribution < -0.4 is 10.2 Å². The molecule has 1 N–H and O–H groups in total. The Bertz CT molecular complexity index is 804. The lowest BCUT2D eigenvalue weighted by Gasteiger charge is -2.35. The van der Waals surface area contributed by atoms with Crippen LogP contribution in [-0.2, 0) is 4.79 Å². The van der Waals surface area contributed by atoms with Gasteiger partial charge in [-0.05, 0) is 31.5 Å². The number of carbonyl (C=O) groups excluding carboxylic acids is 1. The molecule has 0 aliphatic carbocycles. The fraction of sp³-hybridized carbons (Fsp3) is 0.368. The van der Waals surface area contributed by atoms with Crippen LogP contribution in [0.3, 0.4) is 0 Å². The van der Waals surface area contributed by atoms with E-state index in [4.69, 9.17) is 23.2 Å². The molecule has 1 aromatic carbocycles. The molecule has 3 rings (SSSR count). The Hall–Kier alpha value is -1.82.